The highest BCUT2D eigenvalue weighted by Gasteiger charge is 2.08. The van der Waals surface area contributed by atoms with Crippen LogP contribution in [0.4, 0.5) is 0 Å². The maximum atomic E-state index is 11.8. The van der Waals surface area contributed by atoms with Gasteiger partial charge in [0.05, 0.1) is 17.4 Å². The predicted octanol–water partition coefficient (Wildman–Crippen LogP) is 0.399. The number of aliphatic hydroxyl groups is 1. The van der Waals surface area contributed by atoms with E-state index in [4.69, 9.17) is 5.11 Å². The van der Waals surface area contributed by atoms with Crippen LogP contribution in [0.1, 0.15) is 28.7 Å². The highest BCUT2D eigenvalue weighted by atomic mass is 16.3. The first-order valence-electron chi connectivity index (χ1n) is 6.12. The average Bonchev–Trinajstić information content (AvgIpc) is 2.27. The maximum Gasteiger partial charge on any atom is 0.253 e. The normalized spacial score (nSPS) is 12.2. The molecule has 5 nitrogen and oxygen atoms in total. The van der Waals surface area contributed by atoms with Gasteiger partial charge in [0.25, 0.3) is 5.91 Å². The number of nitrogens with zero attached hydrogens (tertiary/aromatic N) is 1. The van der Waals surface area contributed by atoms with Crippen molar-refractivity contribution < 1.29 is 9.90 Å². The number of amides is 1. The minimum Gasteiger partial charge on any atom is -0.392 e. The number of hydrogen-bond acceptors (Lipinski definition) is 4. The minimum atomic E-state index is -0.371. The van der Waals surface area contributed by atoms with E-state index in [1.165, 1.54) is 0 Å². The summed E-state index contributed by atoms with van der Waals surface area (Å²) in [6, 6.07) is 3.61. The summed E-state index contributed by atoms with van der Waals surface area (Å²) in [7, 11) is 0. The van der Waals surface area contributed by atoms with Crippen molar-refractivity contribution >= 4 is 5.91 Å². The van der Waals surface area contributed by atoms with Crippen LogP contribution < -0.4 is 10.6 Å². The SMILES string of the molecule is Cc1ccc(C(=O)NCCNCC(C)O)c(C)n1. The van der Waals surface area contributed by atoms with Crippen LogP contribution in [0.3, 0.4) is 0 Å². The molecule has 0 aliphatic rings. The number of aliphatic hydroxyl groups excluding tert-OH is 1. The smallest absolute Gasteiger partial charge is 0.253 e. The minimum absolute atomic E-state index is 0.112. The maximum absolute atomic E-state index is 11.8. The van der Waals surface area contributed by atoms with Crippen molar-refractivity contribution in [2.45, 2.75) is 26.9 Å². The third kappa shape index (κ3) is 4.81. The molecule has 1 unspecified atom stereocenters. The van der Waals surface area contributed by atoms with Gasteiger partial charge in [0.2, 0.25) is 0 Å². The van der Waals surface area contributed by atoms with Crippen LogP contribution in [0.5, 0.6) is 0 Å². The Kier molecular flexibility index (Phi) is 5.74. The zero-order chi connectivity index (χ0) is 13.5. The van der Waals surface area contributed by atoms with E-state index >= 15 is 0 Å². The van der Waals surface area contributed by atoms with Gasteiger partial charge in [0.15, 0.2) is 0 Å². The standard InChI is InChI=1S/C13H21N3O2/c1-9-4-5-12(11(3)16-9)13(18)15-7-6-14-8-10(2)17/h4-5,10,14,17H,6-8H2,1-3H3,(H,15,18). The summed E-state index contributed by atoms with van der Waals surface area (Å²) in [6.45, 7) is 7.13. The molecule has 0 aliphatic carbocycles. The molecule has 0 radical (unpaired) electrons. The first-order valence-corrected chi connectivity index (χ1v) is 6.12. The lowest BCUT2D eigenvalue weighted by Gasteiger charge is -2.09. The zero-order valence-corrected chi connectivity index (χ0v) is 11.2. The number of pyridine rings is 1. The van der Waals surface area contributed by atoms with Crippen LogP contribution in [0, 0.1) is 13.8 Å². The molecule has 100 valence electrons. The molecule has 1 atom stereocenters. The Morgan fingerprint density at radius 2 is 2.11 bits per heavy atom. The van der Waals surface area contributed by atoms with Crippen molar-refractivity contribution in [3.8, 4) is 0 Å². The summed E-state index contributed by atoms with van der Waals surface area (Å²) in [5.74, 6) is -0.112. The molecule has 0 saturated carbocycles. The lowest BCUT2D eigenvalue weighted by Crippen LogP contribution is -2.34. The highest BCUT2D eigenvalue weighted by molar-refractivity contribution is 5.95. The molecule has 0 aromatic carbocycles. The number of carbonyl (C=O) groups is 1. The van der Waals surface area contributed by atoms with E-state index in [9.17, 15) is 4.79 Å². The van der Waals surface area contributed by atoms with E-state index in [0.29, 0.717) is 25.2 Å². The summed E-state index contributed by atoms with van der Waals surface area (Å²) in [5, 5.41) is 14.9. The van der Waals surface area contributed by atoms with E-state index in [1.54, 1.807) is 13.0 Å². The number of aryl methyl sites for hydroxylation is 2. The molecule has 1 rings (SSSR count). The molecule has 0 aliphatic heterocycles. The van der Waals surface area contributed by atoms with Crippen molar-refractivity contribution in [1.82, 2.24) is 15.6 Å². The molecule has 5 heteroatoms. The lowest BCUT2D eigenvalue weighted by molar-refractivity contribution is 0.0952. The molecule has 0 fully saturated rings. The second-order valence-corrected chi connectivity index (χ2v) is 4.39. The second-order valence-electron chi connectivity index (χ2n) is 4.39. The first kappa shape index (κ1) is 14.6. The Morgan fingerprint density at radius 3 is 2.72 bits per heavy atom. The van der Waals surface area contributed by atoms with Gasteiger partial charge in [-0.1, -0.05) is 0 Å². The fourth-order valence-electron chi connectivity index (χ4n) is 1.60. The fourth-order valence-corrected chi connectivity index (χ4v) is 1.60. The monoisotopic (exact) mass is 251 g/mol. The number of aromatic nitrogens is 1. The largest absolute Gasteiger partial charge is 0.392 e. The average molecular weight is 251 g/mol. The predicted molar refractivity (Wildman–Crippen MR) is 70.6 cm³/mol. The van der Waals surface area contributed by atoms with Crippen LogP contribution in [-0.2, 0) is 0 Å². The Hall–Kier alpha value is -1.46. The topological polar surface area (TPSA) is 74.2 Å². The fraction of sp³-hybridized carbons (Fsp3) is 0.538. The Labute approximate surface area is 108 Å². The molecule has 1 heterocycles. The van der Waals surface area contributed by atoms with E-state index in [2.05, 4.69) is 15.6 Å². The summed E-state index contributed by atoms with van der Waals surface area (Å²) in [5.41, 5.74) is 2.25. The van der Waals surface area contributed by atoms with Crippen molar-refractivity contribution in [1.29, 1.82) is 0 Å². The molecule has 0 bridgehead atoms. The third-order valence-electron chi connectivity index (χ3n) is 2.50. The van der Waals surface area contributed by atoms with Gasteiger partial charge in [-0.2, -0.15) is 0 Å². The summed E-state index contributed by atoms with van der Waals surface area (Å²) >= 11 is 0. The molecule has 3 N–H and O–H groups in total. The number of nitrogens with one attached hydrogen (secondary N) is 2. The summed E-state index contributed by atoms with van der Waals surface area (Å²) in [6.07, 6.45) is -0.371. The highest BCUT2D eigenvalue weighted by Crippen LogP contribution is 2.05. The van der Waals surface area contributed by atoms with Crippen LogP contribution in [0.25, 0.3) is 0 Å². The summed E-state index contributed by atoms with van der Waals surface area (Å²) < 4.78 is 0. The van der Waals surface area contributed by atoms with Crippen LogP contribution in [-0.4, -0.2) is 41.7 Å². The Bertz CT molecular complexity index is 405. The van der Waals surface area contributed by atoms with Crippen LogP contribution >= 0.6 is 0 Å². The zero-order valence-electron chi connectivity index (χ0n) is 11.2. The van der Waals surface area contributed by atoms with Gasteiger partial charge in [-0.15, -0.1) is 0 Å². The number of rotatable bonds is 6. The number of carbonyl (C=O) groups excluding carboxylic acids is 1. The van der Waals surface area contributed by atoms with Gasteiger partial charge in [-0.05, 0) is 32.9 Å². The molecule has 0 saturated heterocycles. The van der Waals surface area contributed by atoms with Gasteiger partial charge >= 0.3 is 0 Å². The molecular weight excluding hydrogens is 230 g/mol. The van der Waals surface area contributed by atoms with E-state index < -0.39 is 0 Å². The van der Waals surface area contributed by atoms with Gasteiger partial charge in [0, 0.05) is 25.3 Å². The van der Waals surface area contributed by atoms with Crippen molar-refractivity contribution in [3.05, 3.63) is 29.1 Å². The molecule has 1 amide bonds. The second kappa shape index (κ2) is 7.08. The van der Waals surface area contributed by atoms with Crippen LogP contribution in [0.2, 0.25) is 0 Å². The van der Waals surface area contributed by atoms with Gasteiger partial charge in [-0.25, -0.2) is 0 Å². The van der Waals surface area contributed by atoms with E-state index in [0.717, 1.165) is 11.4 Å². The van der Waals surface area contributed by atoms with E-state index in [1.807, 2.05) is 19.9 Å². The van der Waals surface area contributed by atoms with Crippen molar-refractivity contribution in [2.24, 2.45) is 0 Å². The van der Waals surface area contributed by atoms with Crippen molar-refractivity contribution in [2.75, 3.05) is 19.6 Å². The Morgan fingerprint density at radius 1 is 1.39 bits per heavy atom. The molecule has 1 aromatic heterocycles. The molecule has 1 aromatic rings. The first-order chi connectivity index (χ1) is 8.50. The Balaban J connectivity index is 2.36. The quantitative estimate of drug-likeness (QED) is 0.640. The number of hydrogen-bond donors (Lipinski definition) is 3. The van der Waals surface area contributed by atoms with Crippen LogP contribution in [0.15, 0.2) is 12.1 Å². The summed E-state index contributed by atoms with van der Waals surface area (Å²) in [4.78, 5) is 16.1. The molecule has 18 heavy (non-hydrogen) atoms. The molecule has 0 spiro atoms. The van der Waals surface area contributed by atoms with Gasteiger partial charge in [-0.3, -0.25) is 9.78 Å². The third-order valence-corrected chi connectivity index (χ3v) is 2.50. The van der Waals surface area contributed by atoms with Crippen molar-refractivity contribution in [3.63, 3.8) is 0 Å². The van der Waals surface area contributed by atoms with E-state index in [-0.39, 0.29) is 12.0 Å². The van der Waals surface area contributed by atoms with Gasteiger partial charge in [0.1, 0.15) is 0 Å². The molecular formula is C13H21N3O2. The lowest BCUT2D eigenvalue weighted by atomic mass is 10.2. The van der Waals surface area contributed by atoms with Gasteiger partial charge < -0.3 is 15.7 Å².